The zero-order valence-electron chi connectivity index (χ0n) is 17.1. The summed E-state index contributed by atoms with van der Waals surface area (Å²) < 4.78 is 19.9. The summed E-state index contributed by atoms with van der Waals surface area (Å²) in [6.07, 6.45) is 0.0841. The SMILES string of the molecule is O=C(NNc1cc(Br)ccc1OCc1ccccc1)[C@@H]1CC(=O)N(c2ccc(F)cc2)C1. The van der Waals surface area contributed by atoms with Crippen molar-refractivity contribution in [1.82, 2.24) is 5.43 Å². The van der Waals surface area contributed by atoms with Crippen LogP contribution in [0.5, 0.6) is 5.75 Å². The van der Waals surface area contributed by atoms with Gasteiger partial charge in [0.05, 0.1) is 11.6 Å². The molecule has 6 nitrogen and oxygen atoms in total. The number of halogens is 2. The van der Waals surface area contributed by atoms with Crippen LogP contribution in [0.2, 0.25) is 0 Å². The number of ether oxygens (including phenoxy) is 1. The third-order valence-electron chi connectivity index (χ3n) is 5.13. The molecule has 1 atom stereocenters. The molecule has 1 heterocycles. The molecular formula is C24H21BrFN3O3. The molecule has 3 aromatic carbocycles. The van der Waals surface area contributed by atoms with E-state index < -0.39 is 5.92 Å². The minimum absolute atomic E-state index is 0.0841. The smallest absolute Gasteiger partial charge is 0.243 e. The molecule has 164 valence electrons. The van der Waals surface area contributed by atoms with E-state index >= 15 is 0 Å². The average molecular weight is 498 g/mol. The zero-order chi connectivity index (χ0) is 22.5. The number of anilines is 2. The Bertz CT molecular complexity index is 1110. The van der Waals surface area contributed by atoms with Gasteiger partial charge in [-0.2, -0.15) is 0 Å². The highest BCUT2D eigenvalue weighted by atomic mass is 79.9. The monoisotopic (exact) mass is 497 g/mol. The highest BCUT2D eigenvalue weighted by Gasteiger charge is 2.35. The highest BCUT2D eigenvalue weighted by molar-refractivity contribution is 9.10. The van der Waals surface area contributed by atoms with Gasteiger partial charge in [0.15, 0.2) is 0 Å². The van der Waals surface area contributed by atoms with Gasteiger partial charge >= 0.3 is 0 Å². The van der Waals surface area contributed by atoms with Gasteiger partial charge < -0.3 is 9.64 Å². The second-order valence-corrected chi connectivity index (χ2v) is 8.33. The van der Waals surface area contributed by atoms with Gasteiger partial charge in [-0.1, -0.05) is 46.3 Å². The van der Waals surface area contributed by atoms with Crippen molar-refractivity contribution in [2.45, 2.75) is 13.0 Å². The van der Waals surface area contributed by atoms with E-state index in [1.54, 1.807) is 12.1 Å². The number of nitrogens with zero attached hydrogens (tertiary/aromatic N) is 1. The molecule has 0 saturated carbocycles. The number of rotatable bonds is 7. The van der Waals surface area contributed by atoms with Crippen LogP contribution in [0.4, 0.5) is 15.8 Å². The van der Waals surface area contributed by atoms with E-state index in [1.165, 1.54) is 29.2 Å². The number of benzene rings is 3. The number of amides is 2. The Balaban J connectivity index is 1.38. The largest absolute Gasteiger partial charge is 0.487 e. The van der Waals surface area contributed by atoms with Gasteiger partial charge in [-0.05, 0) is 48.0 Å². The van der Waals surface area contributed by atoms with Gasteiger partial charge in [0.1, 0.15) is 18.2 Å². The van der Waals surface area contributed by atoms with Crippen molar-refractivity contribution < 1.29 is 18.7 Å². The summed E-state index contributed by atoms with van der Waals surface area (Å²) in [6.45, 7) is 0.614. The highest BCUT2D eigenvalue weighted by Crippen LogP contribution is 2.29. The van der Waals surface area contributed by atoms with Gasteiger partial charge in [-0.15, -0.1) is 0 Å². The molecule has 0 radical (unpaired) electrons. The molecule has 1 aliphatic rings. The quantitative estimate of drug-likeness (QED) is 0.465. The van der Waals surface area contributed by atoms with Crippen LogP contribution < -0.4 is 20.5 Å². The van der Waals surface area contributed by atoms with Crippen molar-refractivity contribution in [3.8, 4) is 5.75 Å². The van der Waals surface area contributed by atoms with E-state index in [4.69, 9.17) is 4.74 Å². The Morgan fingerprint density at radius 2 is 1.84 bits per heavy atom. The summed E-state index contributed by atoms with van der Waals surface area (Å²) in [4.78, 5) is 26.6. The Morgan fingerprint density at radius 3 is 2.59 bits per heavy atom. The first-order valence-corrected chi connectivity index (χ1v) is 10.9. The molecule has 8 heteroatoms. The van der Waals surface area contributed by atoms with Crippen LogP contribution in [0.1, 0.15) is 12.0 Å². The summed E-state index contributed by atoms with van der Waals surface area (Å²) in [5.74, 6) is -0.810. The lowest BCUT2D eigenvalue weighted by molar-refractivity contribution is -0.125. The molecule has 4 rings (SSSR count). The molecule has 2 N–H and O–H groups in total. The fourth-order valence-corrected chi connectivity index (χ4v) is 3.81. The Kier molecular flexibility index (Phi) is 6.70. The summed E-state index contributed by atoms with van der Waals surface area (Å²) >= 11 is 3.43. The van der Waals surface area contributed by atoms with E-state index in [1.807, 2.05) is 36.4 Å². The number of hydrogen-bond acceptors (Lipinski definition) is 4. The number of nitrogens with one attached hydrogen (secondary N) is 2. The summed E-state index contributed by atoms with van der Waals surface area (Å²) in [5.41, 5.74) is 7.77. The van der Waals surface area contributed by atoms with Crippen LogP contribution in [0, 0.1) is 11.7 Å². The van der Waals surface area contributed by atoms with Crippen molar-refractivity contribution in [3.63, 3.8) is 0 Å². The first kappa shape index (κ1) is 21.8. The van der Waals surface area contributed by atoms with Gasteiger partial charge in [0, 0.05) is 23.1 Å². The van der Waals surface area contributed by atoms with Gasteiger partial charge in [0.25, 0.3) is 0 Å². The Morgan fingerprint density at radius 1 is 1.09 bits per heavy atom. The molecular weight excluding hydrogens is 477 g/mol. The van der Waals surface area contributed by atoms with E-state index in [0.717, 1.165) is 10.0 Å². The zero-order valence-corrected chi connectivity index (χ0v) is 18.6. The maximum Gasteiger partial charge on any atom is 0.243 e. The van der Waals surface area contributed by atoms with E-state index in [2.05, 4.69) is 26.8 Å². The fraction of sp³-hybridized carbons (Fsp3) is 0.167. The lowest BCUT2D eigenvalue weighted by Gasteiger charge is -2.18. The Labute approximate surface area is 193 Å². The van der Waals surface area contributed by atoms with Crippen LogP contribution in [0.15, 0.2) is 77.3 Å². The lowest BCUT2D eigenvalue weighted by Crippen LogP contribution is -2.36. The normalized spacial score (nSPS) is 15.5. The molecule has 0 spiro atoms. The molecule has 1 saturated heterocycles. The predicted octanol–water partition coefficient (Wildman–Crippen LogP) is 4.66. The van der Waals surface area contributed by atoms with Crippen LogP contribution in [-0.2, 0) is 16.2 Å². The fourth-order valence-electron chi connectivity index (χ4n) is 3.45. The maximum atomic E-state index is 13.2. The standard InChI is InChI=1S/C24H21BrFN3O3/c25-18-6-11-22(32-15-16-4-2-1-3-5-16)21(13-18)27-28-24(31)17-12-23(30)29(14-17)20-9-7-19(26)8-10-20/h1-11,13,17,27H,12,14-15H2,(H,28,31)/t17-/m1/s1. The predicted molar refractivity (Wildman–Crippen MR) is 124 cm³/mol. The number of hydrazine groups is 1. The first-order chi connectivity index (χ1) is 15.5. The van der Waals surface area contributed by atoms with Crippen molar-refractivity contribution in [2.75, 3.05) is 16.9 Å². The van der Waals surface area contributed by atoms with Gasteiger partial charge in [-0.25, -0.2) is 4.39 Å². The second-order valence-electron chi connectivity index (χ2n) is 7.41. The number of carbonyl (C=O) groups is 2. The van der Waals surface area contributed by atoms with Crippen LogP contribution in [-0.4, -0.2) is 18.4 Å². The molecule has 1 aliphatic heterocycles. The van der Waals surface area contributed by atoms with Crippen LogP contribution >= 0.6 is 15.9 Å². The van der Waals surface area contributed by atoms with Crippen LogP contribution in [0.3, 0.4) is 0 Å². The first-order valence-electron chi connectivity index (χ1n) is 10.1. The molecule has 32 heavy (non-hydrogen) atoms. The third-order valence-corrected chi connectivity index (χ3v) is 5.63. The number of hydrogen-bond donors (Lipinski definition) is 2. The Hall–Kier alpha value is -3.39. The minimum Gasteiger partial charge on any atom is -0.487 e. The van der Waals surface area contributed by atoms with Crippen molar-refractivity contribution in [1.29, 1.82) is 0 Å². The molecule has 0 unspecified atom stereocenters. The summed E-state index contributed by atoms with van der Waals surface area (Å²) in [7, 11) is 0. The summed E-state index contributed by atoms with van der Waals surface area (Å²) in [5, 5.41) is 0. The van der Waals surface area contributed by atoms with E-state index in [9.17, 15) is 14.0 Å². The molecule has 0 aromatic heterocycles. The molecule has 3 aromatic rings. The second kappa shape index (κ2) is 9.82. The minimum atomic E-state index is -0.527. The summed E-state index contributed by atoms with van der Waals surface area (Å²) in [6, 6.07) is 20.9. The van der Waals surface area contributed by atoms with Gasteiger partial charge in [-0.3, -0.25) is 20.4 Å². The van der Waals surface area contributed by atoms with Crippen LogP contribution in [0.25, 0.3) is 0 Å². The maximum absolute atomic E-state index is 13.2. The van der Waals surface area contributed by atoms with Crippen molar-refractivity contribution in [2.24, 2.45) is 5.92 Å². The van der Waals surface area contributed by atoms with Gasteiger partial charge in [0.2, 0.25) is 11.8 Å². The van der Waals surface area contributed by atoms with Crippen molar-refractivity contribution >= 4 is 39.1 Å². The van der Waals surface area contributed by atoms with E-state index in [-0.39, 0.29) is 30.6 Å². The lowest BCUT2D eigenvalue weighted by atomic mass is 10.1. The number of carbonyl (C=O) groups excluding carboxylic acids is 2. The topological polar surface area (TPSA) is 70.7 Å². The average Bonchev–Trinajstić information content (AvgIpc) is 3.19. The van der Waals surface area contributed by atoms with Crippen molar-refractivity contribution in [3.05, 3.63) is 88.6 Å². The third kappa shape index (κ3) is 5.26. The molecule has 0 aliphatic carbocycles. The molecule has 2 amide bonds. The van der Waals surface area contributed by atoms with E-state index in [0.29, 0.717) is 23.7 Å². The molecule has 1 fully saturated rings. The molecule has 0 bridgehead atoms.